The van der Waals surface area contributed by atoms with Gasteiger partial charge in [0, 0.05) is 18.4 Å². The van der Waals surface area contributed by atoms with Crippen molar-refractivity contribution in [3.8, 4) is 0 Å². The van der Waals surface area contributed by atoms with Crippen LogP contribution in [-0.2, 0) is 42.7 Å². The van der Waals surface area contributed by atoms with E-state index in [9.17, 15) is 81.4 Å². The molecule has 7 aliphatic rings. The van der Waals surface area contributed by atoms with Crippen LogP contribution in [-0.4, -0.2) is 249 Å². The highest BCUT2D eigenvalue weighted by molar-refractivity contribution is 5.81. The number of hydrogen-bond donors (Lipinski definition) is 15. The molecule has 15 N–H and O–H groups in total. The Morgan fingerprint density at radius 3 is 1.58 bits per heavy atom. The Morgan fingerprint density at radius 1 is 0.500 bits per heavy atom. The SMILES string of the molecule is O=C(C=CC1CCC(O)CC1)OC[C@H]1O[C@@H](OC2CC(O)CC3OC(C4CC(O)C(O)C(O[C@@H]5O[C@H](CO)[C@@H](O)[C@H](O)[C@H]5O)C4)C(O[C@@H]4O[C@H](CO)[C@@H](O)[C@H](O)[C@H]4O)CC32)[C@H](O)[C@@H](O)[C@@H]1O. The van der Waals surface area contributed by atoms with Gasteiger partial charge in [-0.2, -0.15) is 0 Å². The van der Waals surface area contributed by atoms with Crippen LogP contribution in [0.25, 0.3) is 0 Å². The normalized spacial score (nSPS) is 51.6. The van der Waals surface area contributed by atoms with Crippen LogP contribution in [0.2, 0.25) is 0 Å². The van der Waals surface area contributed by atoms with E-state index in [1.54, 1.807) is 6.08 Å². The summed E-state index contributed by atoms with van der Waals surface area (Å²) in [5, 5.41) is 159. The second-order valence-electron chi connectivity index (χ2n) is 18.9. The summed E-state index contributed by atoms with van der Waals surface area (Å²) in [5.74, 6) is -2.22. The molecule has 7 rings (SSSR count). The van der Waals surface area contributed by atoms with Crippen LogP contribution in [0, 0.1) is 17.8 Å². The fourth-order valence-electron chi connectivity index (χ4n) is 10.5. The van der Waals surface area contributed by atoms with Gasteiger partial charge < -0.3 is 114 Å². The van der Waals surface area contributed by atoms with Crippen LogP contribution in [0.5, 0.6) is 0 Å². The number of aliphatic hydroxyl groups is 15. The molecule has 0 radical (unpaired) electrons. The molecule has 7 fully saturated rings. The smallest absolute Gasteiger partial charge is 0.330 e. The van der Waals surface area contributed by atoms with Gasteiger partial charge in [0.1, 0.15) is 86.0 Å². The Morgan fingerprint density at radius 2 is 1.02 bits per heavy atom. The summed E-state index contributed by atoms with van der Waals surface area (Å²) in [6.07, 6.45) is -30.1. The first kappa shape index (κ1) is 52.2. The van der Waals surface area contributed by atoms with Crippen LogP contribution in [0.3, 0.4) is 0 Å². The maximum absolute atomic E-state index is 12.6. The summed E-state index contributed by atoms with van der Waals surface area (Å²) in [6.45, 7) is -2.07. The highest BCUT2D eigenvalue weighted by Crippen LogP contribution is 2.46. The fraction of sp³-hybridized carbons (Fsp3) is 0.929. The minimum atomic E-state index is -1.86. The molecule has 4 aliphatic heterocycles. The molecule has 0 amide bonds. The number of carbonyl (C=O) groups is 1. The third-order valence-corrected chi connectivity index (χ3v) is 14.4. The molecule has 66 heavy (non-hydrogen) atoms. The predicted molar refractivity (Wildman–Crippen MR) is 214 cm³/mol. The Kier molecular flexibility index (Phi) is 17.9. The minimum absolute atomic E-state index is 0.0272. The lowest BCUT2D eigenvalue weighted by Gasteiger charge is -2.53. The third-order valence-electron chi connectivity index (χ3n) is 14.4. The van der Waals surface area contributed by atoms with Gasteiger partial charge in [0.05, 0.1) is 62.0 Å². The molecule has 10 unspecified atom stereocenters. The number of ether oxygens (including phenoxy) is 8. The molecule has 0 aromatic heterocycles. The average Bonchev–Trinajstić information content (AvgIpc) is 3.30. The van der Waals surface area contributed by atoms with Gasteiger partial charge in [-0.15, -0.1) is 0 Å². The van der Waals surface area contributed by atoms with E-state index in [0.717, 1.165) is 0 Å². The molecule has 4 saturated heterocycles. The van der Waals surface area contributed by atoms with Gasteiger partial charge in [-0.05, 0) is 63.2 Å². The largest absolute Gasteiger partial charge is 0.460 e. The molecular formula is C42H68O24. The summed E-state index contributed by atoms with van der Waals surface area (Å²) in [5.41, 5.74) is 0. The van der Waals surface area contributed by atoms with Crippen molar-refractivity contribution < 1.29 is 119 Å². The molecule has 24 nitrogen and oxygen atoms in total. The van der Waals surface area contributed by atoms with Crippen molar-refractivity contribution in [3.63, 3.8) is 0 Å². The summed E-state index contributed by atoms with van der Waals surface area (Å²) >= 11 is 0. The molecule has 0 bridgehead atoms. The average molecular weight is 957 g/mol. The van der Waals surface area contributed by atoms with Gasteiger partial charge in [0.2, 0.25) is 0 Å². The van der Waals surface area contributed by atoms with Crippen molar-refractivity contribution >= 4 is 5.97 Å². The standard InChI is InChI=1S/C42H68O24/c43-12-25-30(50)33(53)36(56)41(64-25)62-23-8-16(7-20(47)29(23)49)39-24(63-42-37(57)34(54)31(51)26(13-44)65-42)11-19-21(60-39)9-18(46)10-22(19)61-40-38(58)35(55)32(52)27(66-40)14-59-28(48)6-3-15-1-4-17(45)5-2-15/h3,6,15-27,29-47,49-58H,1-2,4-5,7-14H2/t15?,16?,17?,18?,19?,20?,21?,22?,23?,24?,25-,26-,27-,29?,30-,31-,32-,33+,34+,35+,36-,37-,38-,39?,40-,41-,42-/m1/s1. The second-order valence-corrected chi connectivity index (χ2v) is 18.9. The molecule has 24 heteroatoms. The number of esters is 1. The molecule has 0 aromatic rings. The summed E-state index contributed by atoms with van der Waals surface area (Å²) in [7, 11) is 0. The lowest BCUT2D eigenvalue weighted by Crippen LogP contribution is -2.64. The molecule has 3 saturated carbocycles. The number of rotatable bonds is 13. The Hall–Kier alpha value is -1.67. The number of hydrogen-bond acceptors (Lipinski definition) is 24. The summed E-state index contributed by atoms with van der Waals surface area (Å²) in [6, 6.07) is 0. The Balaban J connectivity index is 1.08. The zero-order valence-electron chi connectivity index (χ0n) is 36.1. The van der Waals surface area contributed by atoms with Crippen LogP contribution in [0.4, 0.5) is 0 Å². The van der Waals surface area contributed by atoms with Gasteiger partial charge in [0.25, 0.3) is 0 Å². The maximum Gasteiger partial charge on any atom is 0.330 e. The van der Waals surface area contributed by atoms with E-state index >= 15 is 0 Å². The van der Waals surface area contributed by atoms with E-state index in [1.807, 2.05) is 0 Å². The van der Waals surface area contributed by atoms with Gasteiger partial charge >= 0.3 is 5.97 Å². The quantitative estimate of drug-likeness (QED) is 0.0603. The second kappa shape index (κ2) is 22.6. The van der Waals surface area contributed by atoms with E-state index in [1.165, 1.54) is 6.08 Å². The van der Waals surface area contributed by atoms with E-state index < -0.39 is 179 Å². The first-order valence-corrected chi connectivity index (χ1v) is 22.9. The van der Waals surface area contributed by atoms with E-state index in [4.69, 9.17) is 37.9 Å². The van der Waals surface area contributed by atoms with Crippen molar-refractivity contribution in [3.05, 3.63) is 12.2 Å². The van der Waals surface area contributed by atoms with Crippen LogP contribution in [0.1, 0.15) is 57.8 Å². The molecule has 0 spiro atoms. The first-order valence-electron chi connectivity index (χ1n) is 22.9. The zero-order valence-corrected chi connectivity index (χ0v) is 36.1. The topological polar surface area (TPSA) is 394 Å². The van der Waals surface area contributed by atoms with Crippen LogP contribution < -0.4 is 0 Å². The highest BCUT2D eigenvalue weighted by atomic mass is 16.7. The van der Waals surface area contributed by atoms with E-state index in [-0.39, 0.29) is 44.1 Å². The van der Waals surface area contributed by atoms with Crippen molar-refractivity contribution in [1.82, 2.24) is 0 Å². The van der Waals surface area contributed by atoms with E-state index in [2.05, 4.69) is 0 Å². The zero-order chi connectivity index (χ0) is 47.7. The number of allylic oxidation sites excluding steroid dienone is 1. The van der Waals surface area contributed by atoms with E-state index in [0.29, 0.717) is 25.7 Å². The van der Waals surface area contributed by atoms with Crippen molar-refractivity contribution in [2.24, 2.45) is 17.8 Å². The number of carbonyl (C=O) groups excluding carboxylic acids is 1. The van der Waals surface area contributed by atoms with Gasteiger partial charge in [0.15, 0.2) is 18.9 Å². The number of aliphatic hydroxyl groups excluding tert-OH is 15. The van der Waals surface area contributed by atoms with Crippen molar-refractivity contribution in [2.75, 3.05) is 19.8 Å². The van der Waals surface area contributed by atoms with Gasteiger partial charge in [-0.3, -0.25) is 0 Å². The van der Waals surface area contributed by atoms with Crippen LogP contribution in [0.15, 0.2) is 12.2 Å². The van der Waals surface area contributed by atoms with Gasteiger partial charge in [-0.1, -0.05) is 6.08 Å². The summed E-state index contributed by atoms with van der Waals surface area (Å²) in [4.78, 5) is 12.6. The minimum Gasteiger partial charge on any atom is -0.460 e. The molecule has 380 valence electrons. The lowest BCUT2D eigenvalue weighted by atomic mass is 9.72. The first-order chi connectivity index (χ1) is 31.4. The molecule has 0 aromatic carbocycles. The van der Waals surface area contributed by atoms with Crippen molar-refractivity contribution in [2.45, 2.75) is 205 Å². The monoisotopic (exact) mass is 956 g/mol. The molecular weight excluding hydrogens is 888 g/mol. The maximum atomic E-state index is 12.6. The number of fused-ring (bicyclic) bond motifs is 1. The predicted octanol–water partition coefficient (Wildman–Crippen LogP) is -6.74. The fourth-order valence-corrected chi connectivity index (χ4v) is 10.5. The lowest BCUT2D eigenvalue weighted by molar-refractivity contribution is -0.347. The summed E-state index contributed by atoms with van der Waals surface area (Å²) < 4.78 is 47.5. The van der Waals surface area contributed by atoms with Crippen LogP contribution >= 0.6 is 0 Å². The highest BCUT2D eigenvalue weighted by Gasteiger charge is 2.56. The third kappa shape index (κ3) is 11.6. The Labute approximate surface area is 379 Å². The van der Waals surface area contributed by atoms with Gasteiger partial charge in [-0.25, -0.2) is 4.79 Å². The molecule has 3 aliphatic carbocycles. The Bertz CT molecular complexity index is 1570. The molecule has 25 atom stereocenters. The van der Waals surface area contributed by atoms with Crippen molar-refractivity contribution in [1.29, 1.82) is 0 Å². The molecule has 4 heterocycles.